The summed E-state index contributed by atoms with van der Waals surface area (Å²) >= 11 is 0. The zero-order valence-corrected chi connectivity index (χ0v) is 13.9. The molecular formula is C15H27N3O4. The van der Waals surface area contributed by atoms with Crippen molar-refractivity contribution in [1.29, 1.82) is 0 Å². The van der Waals surface area contributed by atoms with Gasteiger partial charge >= 0.3 is 6.03 Å². The van der Waals surface area contributed by atoms with Crippen LogP contribution in [-0.4, -0.2) is 74.0 Å². The lowest BCUT2D eigenvalue weighted by Gasteiger charge is -2.38. The number of amides is 3. The monoisotopic (exact) mass is 313 g/mol. The minimum Gasteiger partial charge on any atom is -0.354 e. The van der Waals surface area contributed by atoms with E-state index in [1.807, 2.05) is 0 Å². The minimum atomic E-state index is -0.739. The van der Waals surface area contributed by atoms with Crippen molar-refractivity contribution in [3.63, 3.8) is 0 Å². The Morgan fingerprint density at radius 1 is 1.14 bits per heavy atom. The Balaban J connectivity index is 1.99. The number of hydrogen-bond acceptors (Lipinski definition) is 5. The summed E-state index contributed by atoms with van der Waals surface area (Å²) in [6.07, 6.45) is 0.725. The van der Waals surface area contributed by atoms with Crippen LogP contribution in [0.1, 0.15) is 26.7 Å². The smallest absolute Gasteiger partial charge is 0.325 e. The normalized spacial score (nSPS) is 22.2. The number of ether oxygens (including phenoxy) is 2. The third-order valence-electron chi connectivity index (χ3n) is 4.44. The van der Waals surface area contributed by atoms with Crippen LogP contribution in [0, 0.1) is 5.92 Å². The van der Waals surface area contributed by atoms with Crippen LogP contribution in [0.2, 0.25) is 0 Å². The van der Waals surface area contributed by atoms with Gasteiger partial charge in [-0.25, -0.2) is 4.79 Å². The maximum absolute atomic E-state index is 12.7. The second kappa shape index (κ2) is 6.93. The van der Waals surface area contributed by atoms with E-state index in [-0.39, 0.29) is 18.5 Å². The predicted octanol–water partition coefficient (Wildman–Crippen LogP) is 0.648. The Morgan fingerprint density at radius 2 is 1.73 bits per heavy atom. The van der Waals surface area contributed by atoms with Crippen molar-refractivity contribution in [2.75, 3.05) is 40.4 Å². The van der Waals surface area contributed by atoms with Crippen LogP contribution in [-0.2, 0) is 14.3 Å². The first-order valence-corrected chi connectivity index (χ1v) is 7.84. The number of imide groups is 1. The van der Waals surface area contributed by atoms with Gasteiger partial charge in [0.1, 0.15) is 5.54 Å². The maximum atomic E-state index is 12.7. The molecule has 0 saturated carbocycles. The van der Waals surface area contributed by atoms with Crippen molar-refractivity contribution in [3.05, 3.63) is 0 Å². The Labute approximate surface area is 131 Å². The number of nitrogens with zero attached hydrogens (tertiary/aromatic N) is 2. The number of methoxy groups -OCH3 is 2. The van der Waals surface area contributed by atoms with Crippen LogP contribution in [0.3, 0.4) is 0 Å². The van der Waals surface area contributed by atoms with E-state index in [1.165, 1.54) is 19.1 Å². The van der Waals surface area contributed by atoms with Crippen molar-refractivity contribution in [3.8, 4) is 0 Å². The van der Waals surface area contributed by atoms with E-state index in [2.05, 4.69) is 24.1 Å². The third-order valence-corrected chi connectivity index (χ3v) is 4.44. The average molecular weight is 313 g/mol. The number of hydrogen-bond donors (Lipinski definition) is 1. The summed E-state index contributed by atoms with van der Waals surface area (Å²) in [4.78, 5) is 28.4. The fraction of sp³-hybridized carbons (Fsp3) is 0.867. The Kier molecular flexibility index (Phi) is 5.41. The molecule has 7 nitrogen and oxygen atoms in total. The van der Waals surface area contributed by atoms with Gasteiger partial charge in [0, 0.05) is 33.9 Å². The van der Waals surface area contributed by atoms with E-state index >= 15 is 0 Å². The Hall–Kier alpha value is -1.18. The molecule has 3 amide bonds. The lowest BCUT2D eigenvalue weighted by molar-refractivity contribution is -0.142. The number of carbonyl (C=O) groups excluding carboxylic acids is 2. The predicted molar refractivity (Wildman–Crippen MR) is 81.3 cm³/mol. The zero-order chi connectivity index (χ0) is 16.3. The molecule has 0 unspecified atom stereocenters. The molecule has 0 aromatic rings. The summed E-state index contributed by atoms with van der Waals surface area (Å²) in [5.74, 6) is 0.449. The van der Waals surface area contributed by atoms with Crippen LogP contribution >= 0.6 is 0 Å². The van der Waals surface area contributed by atoms with Gasteiger partial charge in [0.2, 0.25) is 0 Å². The van der Waals surface area contributed by atoms with Crippen molar-refractivity contribution in [1.82, 2.24) is 15.1 Å². The van der Waals surface area contributed by atoms with E-state index in [0.29, 0.717) is 18.8 Å². The van der Waals surface area contributed by atoms with Crippen LogP contribution in [0.4, 0.5) is 4.79 Å². The highest BCUT2D eigenvalue weighted by Crippen LogP contribution is 2.30. The highest BCUT2D eigenvalue weighted by molar-refractivity contribution is 6.07. The average Bonchev–Trinajstić information content (AvgIpc) is 2.70. The second-order valence-corrected chi connectivity index (χ2v) is 6.52. The first kappa shape index (κ1) is 17.2. The number of urea groups is 1. The summed E-state index contributed by atoms with van der Waals surface area (Å²) in [5, 5.41) is 2.90. The highest BCUT2D eigenvalue weighted by atomic mass is 16.7. The molecule has 126 valence electrons. The molecule has 0 aromatic carbocycles. The van der Waals surface area contributed by atoms with Gasteiger partial charge in [0.15, 0.2) is 6.29 Å². The number of rotatable bonds is 6. The van der Waals surface area contributed by atoms with Gasteiger partial charge in [-0.2, -0.15) is 0 Å². The molecule has 7 heteroatoms. The third kappa shape index (κ3) is 3.42. The van der Waals surface area contributed by atoms with Crippen LogP contribution < -0.4 is 5.32 Å². The molecule has 0 bridgehead atoms. The molecule has 1 spiro atoms. The lowest BCUT2D eigenvalue weighted by Crippen LogP contribution is -2.55. The van der Waals surface area contributed by atoms with Gasteiger partial charge in [-0.1, -0.05) is 13.8 Å². The van der Waals surface area contributed by atoms with Gasteiger partial charge in [0.05, 0.1) is 6.54 Å². The summed E-state index contributed by atoms with van der Waals surface area (Å²) in [6, 6.07) is -0.346. The Morgan fingerprint density at radius 3 is 2.23 bits per heavy atom. The molecule has 2 heterocycles. The zero-order valence-electron chi connectivity index (χ0n) is 13.9. The quantitative estimate of drug-likeness (QED) is 0.576. The number of nitrogens with one attached hydrogen (secondary N) is 1. The SMILES string of the molecule is COC(CN1C(=O)NC2(CCN(CC(C)C)CC2)C1=O)OC. The maximum Gasteiger partial charge on any atom is 0.325 e. The largest absolute Gasteiger partial charge is 0.354 e. The topological polar surface area (TPSA) is 71.1 Å². The number of piperidine rings is 1. The fourth-order valence-electron chi connectivity index (χ4n) is 3.21. The molecule has 0 aromatic heterocycles. The molecule has 1 N–H and O–H groups in total. The highest BCUT2D eigenvalue weighted by Gasteiger charge is 2.52. The summed E-state index contributed by atoms with van der Waals surface area (Å²) in [6.45, 7) is 7.17. The number of likely N-dealkylation sites (tertiary alicyclic amines) is 1. The van der Waals surface area contributed by atoms with Gasteiger partial charge in [-0.3, -0.25) is 9.69 Å². The summed E-state index contributed by atoms with van der Waals surface area (Å²) < 4.78 is 10.2. The van der Waals surface area contributed by atoms with Gasteiger partial charge in [-0.05, 0) is 18.8 Å². The second-order valence-electron chi connectivity index (χ2n) is 6.52. The molecule has 0 atom stereocenters. The van der Waals surface area contributed by atoms with E-state index in [9.17, 15) is 9.59 Å². The number of carbonyl (C=O) groups is 2. The summed E-state index contributed by atoms with van der Waals surface area (Å²) in [7, 11) is 2.99. The standard InChI is InChI=1S/C15H27N3O4/c1-11(2)9-17-7-5-15(6-8-17)13(19)18(14(20)16-15)10-12(21-3)22-4/h11-12H,5-10H2,1-4H3,(H,16,20). The Bertz CT molecular complexity index is 415. The van der Waals surface area contributed by atoms with Crippen LogP contribution in [0.15, 0.2) is 0 Å². The molecule has 2 aliphatic heterocycles. The minimum absolute atomic E-state index is 0.120. The van der Waals surface area contributed by atoms with Crippen molar-refractivity contribution < 1.29 is 19.1 Å². The van der Waals surface area contributed by atoms with Crippen LogP contribution in [0.5, 0.6) is 0 Å². The molecule has 2 rings (SSSR count). The van der Waals surface area contributed by atoms with Gasteiger partial charge < -0.3 is 19.7 Å². The van der Waals surface area contributed by atoms with E-state index in [0.717, 1.165) is 19.6 Å². The van der Waals surface area contributed by atoms with Gasteiger partial charge in [-0.15, -0.1) is 0 Å². The van der Waals surface area contributed by atoms with Crippen molar-refractivity contribution >= 4 is 11.9 Å². The van der Waals surface area contributed by atoms with Crippen molar-refractivity contribution in [2.24, 2.45) is 5.92 Å². The molecule has 2 saturated heterocycles. The molecule has 2 fully saturated rings. The lowest BCUT2D eigenvalue weighted by atomic mass is 9.87. The molecular weight excluding hydrogens is 286 g/mol. The molecule has 0 radical (unpaired) electrons. The van der Waals surface area contributed by atoms with Gasteiger partial charge in [0.25, 0.3) is 5.91 Å². The van der Waals surface area contributed by atoms with Crippen LogP contribution in [0.25, 0.3) is 0 Å². The van der Waals surface area contributed by atoms with Crippen molar-refractivity contribution in [2.45, 2.75) is 38.5 Å². The van der Waals surface area contributed by atoms with E-state index < -0.39 is 11.8 Å². The fourth-order valence-corrected chi connectivity index (χ4v) is 3.21. The van der Waals surface area contributed by atoms with E-state index in [1.54, 1.807) is 0 Å². The molecule has 22 heavy (non-hydrogen) atoms. The van der Waals surface area contributed by atoms with E-state index in [4.69, 9.17) is 9.47 Å². The molecule has 0 aliphatic carbocycles. The first-order valence-electron chi connectivity index (χ1n) is 7.84. The first-order chi connectivity index (χ1) is 10.4. The molecule has 2 aliphatic rings. The summed E-state index contributed by atoms with van der Waals surface area (Å²) in [5.41, 5.74) is -0.739.